The number of nitrogens with two attached hydrogens (primary N) is 1. The normalized spacial score (nSPS) is 18.1. The molecular formula is C30H30N2O2. The average molecular weight is 451 g/mol. The summed E-state index contributed by atoms with van der Waals surface area (Å²) in [6, 6.07) is 31.2. The van der Waals surface area contributed by atoms with Crippen molar-refractivity contribution in [3.63, 3.8) is 0 Å². The molecule has 172 valence electrons. The molecular weight excluding hydrogens is 420 g/mol. The maximum atomic E-state index is 12.1. The van der Waals surface area contributed by atoms with Gasteiger partial charge in [-0.15, -0.1) is 0 Å². The number of hydrogen-bond donors (Lipinski definition) is 2. The lowest BCUT2D eigenvalue weighted by molar-refractivity contribution is 0.0106. The fourth-order valence-corrected chi connectivity index (χ4v) is 4.96. The Hall–Kier alpha value is -3.47. The standard InChI is InChI=1S/C30H30N2O2/c31-30(33)28-13-12-25(18-26(28)16-21-6-2-1-3-7-21)27-14-15-32-19-29(27)34-20-22-10-11-23-8-4-5-9-24(23)17-22/h1-13,17-18,27,29,32H,14-16,19-20H2,(H2,31,33). The first-order valence-electron chi connectivity index (χ1n) is 11.9. The second kappa shape index (κ2) is 10.2. The lowest BCUT2D eigenvalue weighted by Crippen LogP contribution is -2.41. The van der Waals surface area contributed by atoms with Gasteiger partial charge in [-0.1, -0.05) is 78.9 Å². The Kier molecular flexibility index (Phi) is 6.70. The van der Waals surface area contributed by atoms with Gasteiger partial charge in [0.1, 0.15) is 0 Å². The van der Waals surface area contributed by atoms with Crippen molar-refractivity contribution in [1.29, 1.82) is 0 Å². The van der Waals surface area contributed by atoms with E-state index in [2.05, 4.69) is 72.0 Å². The summed E-state index contributed by atoms with van der Waals surface area (Å²) in [5, 5.41) is 5.96. The zero-order valence-corrected chi connectivity index (χ0v) is 19.2. The summed E-state index contributed by atoms with van der Waals surface area (Å²) in [5.74, 6) is -0.120. The van der Waals surface area contributed by atoms with Crippen LogP contribution in [0.25, 0.3) is 10.8 Å². The largest absolute Gasteiger partial charge is 0.372 e. The molecule has 0 aliphatic carbocycles. The lowest BCUT2D eigenvalue weighted by Gasteiger charge is -2.33. The molecule has 2 atom stereocenters. The lowest BCUT2D eigenvalue weighted by atomic mass is 9.85. The minimum Gasteiger partial charge on any atom is -0.372 e. The molecule has 1 aliphatic heterocycles. The van der Waals surface area contributed by atoms with Gasteiger partial charge >= 0.3 is 0 Å². The van der Waals surface area contributed by atoms with Gasteiger partial charge in [-0.3, -0.25) is 4.79 Å². The third-order valence-electron chi connectivity index (χ3n) is 6.76. The number of piperidine rings is 1. The highest BCUT2D eigenvalue weighted by molar-refractivity contribution is 5.94. The van der Waals surface area contributed by atoms with Gasteiger partial charge in [0.25, 0.3) is 0 Å². The number of carbonyl (C=O) groups excluding carboxylic acids is 1. The molecule has 0 radical (unpaired) electrons. The van der Waals surface area contributed by atoms with Gasteiger partial charge in [-0.05, 0) is 64.5 Å². The first-order chi connectivity index (χ1) is 16.7. The van der Waals surface area contributed by atoms with Gasteiger partial charge in [0, 0.05) is 18.0 Å². The van der Waals surface area contributed by atoms with Crippen molar-refractivity contribution in [2.45, 2.75) is 31.5 Å². The van der Waals surface area contributed by atoms with Crippen LogP contribution in [0, 0.1) is 0 Å². The van der Waals surface area contributed by atoms with Crippen molar-refractivity contribution in [2.75, 3.05) is 13.1 Å². The van der Waals surface area contributed by atoms with Crippen molar-refractivity contribution in [1.82, 2.24) is 5.32 Å². The Bertz CT molecular complexity index is 1290. The average Bonchev–Trinajstić information content (AvgIpc) is 2.88. The summed E-state index contributed by atoms with van der Waals surface area (Å²) in [5.41, 5.74) is 10.8. The van der Waals surface area contributed by atoms with Gasteiger partial charge in [-0.25, -0.2) is 0 Å². The molecule has 2 unspecified atom stereocenters. The summed E-state index contributed by atoms with van der Waals surface area (Å²) < 4.78 is 6.47. The molecule has 1 fully saturated rings. The van der Waals surface area contributed by atoms with E-state index in [-0.39, 0.29) is 17.9 Å². The number of rotatable bonds is 7. The van der Waals surface area contributed by atoms with Gasteiger partial charge in [-0.2, -0.15) is 0 Å². The van der Waals surface area contributed by atoms with Gasteiger partial charge in [0.15, 0.2) is 0 Å². The van der Waals surface area contributed by atoms with Crippen molar-refractivity contribution in [3.05, 3.63) is 119 Å². The Morgan fingerprint density at radius 2 is 1.68 bits per heavy atom. The van der Waals surface area contributed by atoms with Crippen LogP contribution < -0.4 is 11.1 Å². The van der Waals surface area contributed by atoms with Gasteiger partial charge in [0.05, 0.1) is 12.7 Å². The van der Waals surface area contributed by atoms with E-state index in [1.165, 1.54) is 21.9 Å². The van der Waals surface area contributed by atoms with E-state index in [1.807, 2.05) is 24.3 Å². The predicted octanol–water partition coefficient (Wildman–Crippen LogP) is 5.19. The van der Waals surface area contributed by atoms with Crippen molar-refractivity contribution in [3.8, 4) is 0 Å². The van der Waals surface area contributed by atoms with Crippen LogP contribution in [0.2, 0.25) is 0 Å². The summed E-state index contributed by atoms with van der Waals surface area (Å²) in [6.45, 7) is 2.33. The van der Waals surface area contributed by atoms with Crippen LogP contribution in [0.3, 0.4) is 0 Å². The SMILES string of the molecule is NC(=O)c1ccc(C2CCNCC2OCc2ccc3ccccc3c2)cc1Cc1ccccc1. The Labute approximate surface area is 200 Å². The van der Waals surface area contributed by atoms with Crippen LogP contribution in [-0.2, 0) is 17.8 Å². The molecule has 4 aromatic rings. The van der Waals surface area contributed by atoms with Gasteiger partial charge < -0.3 is 15.8 Å². The summed E-state index contributed by atoms with van der Waals surface area (Å²) in [6.07, 6.45) is 1.73. The van der Waals surface area contributed by atoms with E-state index in [1.54, 1.807) is 0 Å². The summed E-state index contributed by atoms with van der Waals surface area (Å²) >= 11 is 0. The molecule has 0 bridgehead atoms. The summed E-state index contributed by atoms with van der Waals surface area (Å²) in [4.78, 5) is 12.1. The topological polar surface area (TPSA) is 64.4 Å². The van der Waals surface area contributed by atoms with Crippen LogP contribution in [0.1, 0.15) is 45.0 Å². The van der Waals surface area contributed by atoms with E-state index < -0.39 is 0 Å². The predicted molar refractivity (Wildman–Crippen MR) is 137 cm³/mol. The molecule has 4 nitrogen and oxygen atoms in total. The van der Waals surface area contributed by atoms with Gasteiger partial charge in [0.2, 0.25) is 5.91 Å². The molecule has 1 amide bonds. The smallest absolute Gasteiger partial charge is 0.248 e. The second-order valence-corrected chi connectivity index (χ2v) is 9.07. The molecule has 5 rings (SSSR count). The molecule has 0 spiro atoms. The maximum Gasteiger partial charge on any atom is 0.248 e. The first kappa shape index (κ1) is 22.3. The number of benzene rings is 4. The van der Waals surface area contributed by atoms with Crippen LogP contribution in [-0.4, -0.2) is 25.1 Å². The molecule has 0 saturated carbocycles. The van der Waals surface area contributed by atoms with E-state index in [0.29, 0.717) is 18.6 Å². The molecule has 34 heavy (non-hydrogen) atoms. The molecule has 0 aromatic heterocycles. The number of primary amides is 1. The molecule has 1 aliphatic rings. The molecule has 1 heterocycles. The van der Waals surface area contributed by atoms with Crippen LogP contribution in [0.15, 0.2) is 91.0 Å². The fourth-order valence-electron chi connectivity index (χ4n) is 4.96. The molecule has 1 saturated heterocycles. The molecule has 4 aromatic carbocycles. The zero-order valence-electron chi connectivity index (χ0n) is 19.2. The van der Waals surface area contributed by atoms with Crippen LogP contribution in [0.4, 0.5) is 0 Å². The Morgan fingerprint density at radius 1 is 0.882 bits per heavy atom. The van der Waals surface area contributed by atoms with Crippen LogP contribution in [0.5, 0.6) is 0 Å². The zero-order chi connectivity index (χ0) is 23.3. The number of ether oxygens (including phenoxy) is 1. The summed E-state index contributed by atoms with van der Waals surface area (Å²) in [7, 11) is 0. The van der Waals surface area contributed by atoms with Crippen molar-refractivity contribution in [2.24, 2.45) is 5.73 Å². The highest BCUT2D eigenvalue weighted by Gasteiger charge is 2.28. The quantitative estimate of drug-likeness (QED) is 0.407. The van der Waals surface area contributed by atoms with E-state index in [4.69, 9.17) is 10.5 Å². The van der Waals surface area contributed by atoms with E-state index >= 15 is 0 Å². The third kappa shape index (κ3) is 5.04. The van der Waals surface area contributed by atoms with Crippen molar-refractivity contribution >= 4 is 16.7 Å². The molecule has 3 N–H and O–H groups in total. The Morgan fingerprint density at radius 3 is 2.50 bits per heavy atom. The maximum absolute atomic E-state index is 12.1. The molecule has 4 heteroatoms. The van der Waals surface area contributed by atoms with Crippen LogP contribution >= 0.6 is 0 Å². The number of nitrogens with one attached hydrogen (secondary N) is 1. The Balaban J connectivity index is 1.37. The van der Waals surface area contributed by atoms with Crippen molar-refractivity contribution < 1.29 is 9.53 Å². The minimum atomic E-state index is -0.383. The number of carbonyl (C=O) groups is 1. The number of fused-ring (bicyclic) bond motifs is 1. The van der Waals surface area contributed by atoms with E-state index in [0.717, 1.165) is 30.6 Å². The van der Waals surface area contributed by atoms with E-state index in [9.17, 15) is 4.79 Å². The number of amides is 1. The minimum absolute atomic E-state index is 0.0595. The number of hydrogen-bond acceptors (Lipinski definition) is 3. The highest BCUT2D eigenvalue weighted by Crippen LogP contribution is 2.31. The third-order valence-corrected chi connectivity index (χ3v) is 6.76. The monoisotopic (exact) mass is 450 g/mol. The highest BCUT2D eigenvalue weighted by atomic mass is 16.5. The second-order valence-electron chi connectivity index (χ2n) is 9.07. The first-order valence-corrected chi connectivity index (χ1v) is 11.9. The fraction of sp³-hybridized carbons (Fsp3) is 0.233.